The standard InChI is InChI=1S/C32H36N4O4.Ni/c1-37-13-9-21-17-29-30-18-22(10-14-38-2)27(34-30)7-8-28-24(12-16-40-4)20-32(36-28)31-19-23(11-15-39-3)26(35-31)6-5-25(21)33-29;/h5-8,17-20H,9-16H2,1-4H3;/q-2;+2. The summed E-state index contributed by atoms with van der Waals surface area (Å²) in [6, 6.07) is 12.4. The van der Waals surface area contributed by atoms with Crippen molar-refractivity contribution in [3.05, 3.63) is 70.3 Å². The molecule has 2 aliphatic heterocycles. The molecule has 0 radical (unpaired) electrons. The zero-order valence-corrected chi connectivity index (χ0v) is 25.0. The van der Waals surface area contributed by atoms with Gasteiger partial charge in [-0.3, -0.25) is 9.97 Å². The third-order valence-corrected chi connectivity index (χ3v) is 7.15. The minimum absolute atomic E-state index is 0. The number of rotatable bonds is 12. The molecule has 8 nitrogen and oxygen atoms in total. The molecular formula is C32H36N4NiO4. The van der Waals surface area contributed by atoms with E-state index < -0.39 is 0 Å². The van der Waals surface area contributed by atoms with Crippen LogP contribution in [0, 0.1) is 0 Å². The summed E-state index contributed by atoms with van der Waals surface area (Å²) in [4.78, 5) is 20.0. The van der Waals surface area contributed by atoms with Gasteiger partial charge in [-0.2, -0.15) is 0 Å². The van der Waals surface area contributed by atoms with Crippen LogP contribution in [0.1, 0.15) is 46.7 Å². The topological polar surface area (TPSA) is 90.9 Å². The predicted octanol–water partition coefficient (Wildman–Crippen LogP) is 5.10. The van der Waals surface area contributed by atoms with Crippen LogP contribution < -0.4 is 9.97 Å². The summed E-state index contributed by atoms with van der Waals surface area (Å²) in [5, 5.41) is 0. The summed E-state index contributed by atoms with van der Waals surface area (Å²) < 4.78 is 21.5. The number of fused-ring (bicyclic) bond motifs is 10. The summed E-state index contributed by atoms with van der Waals surface area (Å²) in [6.45, 7) is 2.45. The summed E-state index contributed by atoms with van der Waals surface area (Å²) in [5.74, 6) is 0. The van der Waals surface area contributed by atoms with E-state index in [4.69, 9.17) is 38.9 Å². The molecule has 0 aliphatic carbocycles. The Morgan fingerprint density at radius 3 is 1.32 bits per heavy atom. The van der Waals surface area contributed by atoms with Gasteiger partial charge in [0.05, 0.1) is 37.8 Å². The molecule has 0 atom stereocenters. The third kappa shape index (κ3) is 7.23. The van der Waals surface area contributed by atoms with Crippen molar-refractivity contribution in [2.45, 2.75) is 25.7 Å². The summed E-state index contributed by atoms with van der Waals surface area (Å²) in [6.07, 6.45) is 7.27. The van der Waals surface area contributed by atoms with E-state index in [0.717, 1.165) is 92.8 Å². The second kappa shape index (κ2) is 14.7. The maximum Gasteiger partial charge on any atom is 2.00 e. The van der Waals surface area contributed by atoms with Crippen molar-refractivity contribution >= 4 is 45.4 Å². The van der Waals surface area contributed by atoms with Gasteiger partial charge in [-0.25, -0.2) is 0 Å². The van der Waals surface area contributed by atoms with Crippen molar-refractivity contribution in [3.63, 3.8) is 0 Å². The van der Waals surface area contributed by atoms with Crippen LogP contribution in [0.25, 0.3) is 45.4 Å². The molecule has 0 unspecified atom stereocenters. The second-order valence-corrected chi connectivity index (χ2v) is 9.85. The van der Waals surface area contributed by atoms with Crippen LogP contribution in [-0.2, 0) is 48.3 Å². The number of hydrogen-bond acceptors (Lipinski definition) is 6. The average molecular weight is 599 g/mol. The van der Waals surface area contributed by atoms with Gasteiger partial charge in [0, 0.05) is 39.8 Å². The van der Waals surface area contributed by atoms with Crippen LogP contribution in [0.15, 0.2) is 36.4 Å². The molecule has 0 spiro atoms. The van der Waals surface area contributed by atoms with Crippen LogP contribution >= 0.6 is 0 Å². The number of nitrogens with zero attached hydrogens (tertiary/aromatic N) is 4. The summed E-state index contributed by atoms with van der Waals surface area (Å²) in [7, 11) is 6.87. The van der Waals surface area contributed by atoms with Crippen molar-refractivity contribution in [1.82, 2.24) is 19.9 Å². The van der Waals surface area contributed by atoms with Gasteiger partial charge in [0.2, 0.25) is 0 Å². The molecule has 3 aromatic heterocycles. The average Bonchev–Trinajstić information content (AvgIpc) is 3.74. The summed E-state index contributed by atoms with van der Waals surface area (Å²) in [5.41, 5.74) is 11.5. The maximum absolute atomic E-state index is 5.38. The largest absolute Gasteiger partial charge is 2.00 e. The molecule has 9 heteroatoms. The van der Waals surface area contributed by atoms with Gasteiger partial charge in [0.25, 0.3) is 0 Å². The molecule has 5 heterocycles. The SMILES string of the molecule is COCCC1=Cc2nc1ccc1[n-]c(cc1CCOC)c1nc(ccc3[n-]c2cc3CCOC)C(CCOC)=C1.[Ni+2]. The van der Waals surface area contributed by atoms with Gasteiger partial charge in [-0.05, 0) is 61.1 Å². The zero-order valence-electron chi connectivity index (χ0n) is 24.0. The molecule has 0 saturated heterocycles. The molecule has 0 aromatic carbocycles. The quantitative estimate of drug-likeness (QED) is 0.266. The van der Waals surface area contributed by atoms with Gasteiger partial charge in [-0.15, -0.1) is 22.1 Å². The van der Waals surface area contributed by atoms with Crippen molar-refractivity contribution in [2.24, 2.45) is 0 Å². The molecule has 3 aromatic rings. The fourth-order valence-corrected chi connectivity index (χ4v) is 4.96. The van der Waals surface area contributed by atoms with Crippen LogP contribution in [0.3, 0.4) is 0 Å². The Balaban J connectivity index is 0.00000387. The van der Waals surface area contributed by atoms with E-state index in [9.17, 15) is 0 Å². The molecule has 218 valence electrons. The van der Waals surface area contributed by atoms with Gasteiger partial charge >= 0.3 is 16.5 Å². The second-order valence-electron chi connectivity index (χ2n) is 9.85. The van der Waals surface area contributed by atoms with E-state index in [1.165, 1.54) is 0 Å². The van der Waals surface area contributed by atoms with Crippen LogP contribution in [0.2, 0.25) is 0 Å². The first-order chi connectivity index (χ1) is 19.6. The van der Waals surface area contributed by atoms with Gasteiger partial charge in [0.1, 0.15) is 0 Å². The molecule has 41 heavy (non-hydrogen) atoms. The van der Waals surface area contributed by atoms with Crippen molar-refractivity contribution in [3.8, 4) is 0 Å². The minimum atomic E-state index is 0. The maximum atomic E-state index is 5.38. The van der Waals surface area contributed by atoms with Crippen LogP contribution in [-0.4, -0.2) is 64.8 Å². The first-order valence-electron chi connectivity index (χ1n) is 13.6. The molecule has 8 bridgehead atoms. The van der Waals surface area contributed by atoms with Crippen LogP contribution in [0.4, 0.5) is 0 Å². The minimum Gasteiger partial charge on any atom is -0.656 e. The molecule has 5 rings (SSSR count). The Morgan fingerprint density at radius 1 is 0.537 bits per heavy atom. The third-order valence-electron chi connectivity index (χ3n) is 7.15. The molecule has 0 fully saturated rings. The molecule has 0 N–H and O–H groups in total. The van der Waals surface area contributed by atoms with Crippen molar-refractivity contribution in [1.29, 1.82) is 0 Å². The first kappa shape index (κ1) is 30.9. The predicted molar refractivity (Wildman–Crippen MR) is 159 cm³/mol. The Labute approximate surface area is 251 Å². The molecular weight excluding hydrogens is 563 g/mol. The fourth-order valence-electron chi connectivity index (χ4n) is 4.96. The van der Waals surface area contributed by atoms with Gasteiger partial charge in [0.15, 0.2) is 0 Å². The molecule has 0 amide bonds. The Kier molecular flexibility index (Phi) is 11.1. The van der Waals surface area contributed by atoms with E-state index in [2.05, 4.69) is 24.3 Å². The summed E-state index contributed by atoms with van der Waals surface area (Å²) >= 11 is 0. The zero-order chi connectivity index (χ0) is 27.9. The molecule has 2 aliphatic rings. The number of ether oxygens (including phenoxy) is 4. The van der Waals surface area contributed by atoms with Crippen LogP contribution in [0.5, 0.6) is 0 Å². The van der Waals surface area contributed by atoms with E-state index in [1.807, 2.05) is 24.3 Å². The number of methoxy groups -OCH3 is 4. The molecule has 0 saturated carbocycles. The Hall–Kier alpha value is -3.07. The number of aromatic nitrogens is 4. The first-order valence-corrected chi connectivity index (χ1v) is 13.6. The monoisotopic (exact) mass is 598 g/mol. The normalized spacial score (nSPS) is 12.7. The van der Waals surface area contributed by atoms with Gasteiger partial charge < -0.3 is 28.9 Å². The van der Waals surface area contributed by atoms with E-state index in [0.29, 0.717) is 26.4 Å². The smallest absolute Gasteiger partial charge is 0.656 e. The van der Waals surface area contributed by atoms with E-state index >= 15 is 0 Å². The number of hydrogen-bond donors (Lipinski definition) is 0. The van der Waals surface area contributed by atoms with Crippen molar-refractivity contribution < 1.29 is 35.4 Å². The fraction of sp³-hybridized carbons (Fsp3) is 0.375. The Morgan fingerprint density at radius 2 is 0.927 bits per heavy atom. The van der Waals surface area contributed by atoms with E-state index in [1.54, 1.807) is 28.4 Å². The van der Waals surface area contributed by atoms with E-state index in [-0.39, 0.29) is 16.5 Å². The Bertz CT molecular complexity index is 1450. The van der Waals surface area contributed by atoms with Crippen molar-refractivity contribution in [2.75, 3.05) is 54.9 Å². The van der Waals surface area contributed by atoms with Gasteiger partial charge in [-0.1, -0.05) is 35.4 Å².